The molecule has 4 rings (SSSR count). The van der Waals surface area contributed by atoms with Gasteiger partial charge in [-0.25, -0.2) is 9.78 Å². The van der Waals surface area contributed by atoms with Crippen LogP contribution in [0.2, 0.25) is 0 Å². The van der Waals surface area contributed by atoms with Gasteiger partial charge in [0.2, 0.25) is 0 Å². The summed E-state index contributed by atoms with van der Waals surface area (Å²) >= 11 is 0. The molecule has 4 aromatic rings. The van der Waals surface area contributed by atoms with Gasteiger partial charge in [0, 0.05) is 10.9 Å². The molecular formula is C26H24NO3P. The van der Waals surface area contributed by atoms with Crippen molar-refractivity contribution in [1.82, 2.24) is 4.98 Å². The largest absolute Gasteiger partial charge is 0.488 e. The second-order valence-corrected chi connectivity index (χ2v) is 9.12. The Balaban J connectivity index is 1.66. The highest BCUT2D eigenvalue weighted by Crippen LogP contribution is 2.29. The van der Waals surface area contributed by atoms with Gasteiger partial charge >= 0.3 is 5.97 Å². The van der Waals surface area contributed by atoms with Crippen LogP contribution in [-0.2, 0) is 0 Å². The molecule has 31 heavy (non-hydrogen) atoms. The van der Waals surface area contributed by atoms with Crippen LogP contribution in [0.25, 0.3) is 33.3 Å². The zero-order chi connectivity index (χ0) is 22.2. The van der Waals surface area contributed by atoms with E-state index in [0.29, 0.717) is 16.6 Å². The lowest BCUT2D eigenvalue weighted by Gasteiger charge is -2.21. The quantitative estimate of drug-likeness (QED) is 0.408. The lowest BCUT2D eigenvalue weighted by atomic mass is 10.0. The number of carbonyl (C=O) groups is 1. The Kier molecular flexibility index (Phi) is 5.51. The van der Waals surface area contributed by atoms with Crippen molar-refractivity contribution in [2.45, 2.75) is 26.4 Å². The predicted octanol–water partition coefficient (Wildman–Crippen LogP) is 5.94. The number of aromatic carboxylic acids is 1. The smallest absolute Gasteiger partial charge is 0.336 e. The number of carboxylic acid groups (broad SMARTS) is 1. The van der Waals surface area contributed by atoms with Crippen LogP contribution >= 0.6 is 9.24 Å². The average molecular weight is 429 g/mol. The Morgan fingerprint density at radius 3 is 2.03 bits per heavy atom. The maximum Gasteiger partial charge on any atom is 0.336 e. The minimum Gasteiger partial charge on any atom is -0.488 e. The van der Waals surface area contributed by atoms with Crippen LogP contribution in [0.3, 0.4) is 0 Å². The van der Waals surface area contributed by atoms with Crippen LogP contribution < -0.4 is 10.0 Å². The SMILES string of the molecule is CC(C)(C)Oc1ccc(-c2ccc(-c3cc(C(=O)O)c4cc(P)ccc4n3)cc2)cc1. The van der Waals surface area contributed by atoms with E-state index < -0.39 is 5.97 Å². The van der Waals surface area contributed by atoms with E-state index in [2.05, 4.69) is 14.2 Å². The summed E-state index contributed by atoms with van der Waals surface area (Å²) in [7, 11) is 2.59. The fraction of sp³-hybridized carbons (Fsp3) is 0.154. The molecular weight excluding hydrogens is 405 g/mol. The molecule has 5 heteroatoms. The summed E-state index contributed by atoms with van der Waals surface area (Å²) < 4.78 is 5.88. The Hall–Kier alpha value is -3.23. The summed E-state index contributed by atoms with van der Waals surface area (Å²) in [6.45, 7) is 6.07. The first kappa shape index (κ1) is 21.0. The minimum atomic E-state index is -0.960. The van der Waals surface area contributed by atoms with E-state index in [4.69, 9.17) is 4.74 Å². The van der Waals surface area contributed by atoms with Crippen LogP contribution in [0.5, 0.6) is 5.75 Å². The normalized spacial score (nSPS) is 11.5. The lowest BCUT2D eigenvalue weighted by molar-refractivity contribution is 0.0699. The third kappa shape index (κ3) is 4.76. The molecule has 0 radical (unpaired) electrons. The highest BCUT2D eigenvalue weighted by molar-refractivity contribution is 7.27. The molecule has 0 aliphatic heterocycles. The minimum absolute atomic E-state index is 0.234. The van der Waals surface area contributed by atoms with E-state index in [1.54, 1.807) is 6.07 Å². The molecule has 1 aromatic heterocycles. The zero-order valence-corrected chi connectivity index (χ0v) is 18.9. The molecule has 1 N–H and O–H groups in total. The van der Waals surface area contributed by atoms with Gasteiger partial charge < -0.3 is 9.84 Å². The molecule has 3 aromatic carbocycles. The number of carboxylic acids is 1. The standard InChI is InChI=1S/C26H24NO3P/c1-26(2,3)30-19-10-8-17(9-11-19)16-4-6-18(7-5-16)24-15-22(25(28)29)21-14-20(31)12-13-23(21)27-24/h4-15H,31H2,1-3H3,(H,28,29). The van der Waals surface area contributed by atoms with E-state index in [9.17, 15) is 9.90 Å². The molecule has 1 heterocycles. The van der Waals surface area contributed by atoms with Crippen molar-refractivity contribution in [2.75, 3.05) is 0 Å². The molecule has 0 saturated carbocycles. The van der Waals surface area contributed by atoms with Gasteiger partial charge in [0.25, 0.3) is 0 Å². The third-order valence-electron chi connectivity index (χ3n) is 4.86. The Labute approximate surface area is 184 Å². The van der Waals surface area contributed by atoms with Crippen molar-refractivity contribution in [3.05, 3.63) is 78.4 Å². The van der Waals surface area contributed by atoms with Gasteiger partial charge in [-0.2, -0.15) is 0 Å². The number of aromatic nitrogens is 1. The molecule has 4 nitrogen and oxygen atoms in total. The number of hydrogen-bond donors (Lipinski definition) is 1. The van der Waals surface area contributed by atoms with Crippen LogP contribution in [0, 0.1) is 0 Å². The van der Waals surface area contributed by atoms with E-state index in [0.717, 1.165) is 27.7 Å². The second kappa shape index (κ2) is 8.13. The van der Waals surface area contributed by atoms with E-state index in [1.165, 1.54) is 0 Å². The number of fused-ring (bicyclic) bond motifs is 1. The molecule has 0 bridgehead atoms. The Morgan fingerprint density at radius 1 is 0.871 bits per heavy atom. The number of nitrogens with zero attached hydrogens (tertiary/aromatic N) is 1. The first-order valence-corrected chi connectivity index (χ1v) is 10.6. The Bertz CT molecular complexity index is 1260. The number of rotatable bonds is 4. The fourth-order valence-corrected chi connectivity index (χ4v) is 3.73. The molecule has 0 aliphatic rings. The molecule has 1 atom stereocenters. The summed E-state index contributed by atoms with van der Waals surface area (Å²) in [5, 5.41) is 11.2. The summed E-state index contributed by atoms with van der Waals surface area (Å²) in [5.74, 6) is -0.124. The topological polar surface area (TPSA) is 59.4 Å². The van der Waals surface area contributed by atoms with Gasteiger partial charge in [-0.05, 0) is 67.5 Å². The first-order chi connectivity index (χ1) is 14.7. The lowest BCUT2D eigenvalue weighted by Crippen LogP contribution is -2.22. The number of benzene rings is 3. The van der Waals surface area contributed by atoms with Crippen LogP contribution in [0.15, 0.2) is 72.8 Å². The van der Waals surface area contributed by atoms with Gasteiger partial charge in [0.1, 0.15) is 11.4 Å². The molecule has 1 unspecified atom stereocenters. The average Bonchev–Trinajstić information content (AvgIpc) is 2.72. The summed E-state index contributed by atoms with van der Waals surface area (Å²) in [5.41, 5.74) is 4.35. The molecule has 156 valence electrons. The third-order valence-corrected chi connectivity index (χ3v) is 5.21. The highest BCUT2D eigenvalue weighted by atomic mass is 31.0. The van der Waals surface area contributed by atoms with Crippen molar-refractivity contribution in [3.63, 3.8) is 0 Å². The van der Waals surface area contributed by atoms with E-state index >= 15 is 0 Å². The number of ether oxygens (including phenoxy) is 1. The monoisotopic (exact) mass is 429 g/mol. The predicted molar refractivity (Wildman–Crippen MR) is 129 cm³/mol. The Morgan fingerprint density at radius 2 is 1.45 bits per heavy atom. The van der Waals surface area contributed by atoms with Crippen LogP contribution in [0.4, 0.5) is 0 Å². The van der Waals surface area contributed by atoms with Gasteiger partial charge in [-0.3, -0.25) is 0 Å². The van der Waals surface area contributed by atoms with Crippen molar-refractivity contribution in [2.24, 2.45) is 0 Å². The van der Waals surface area contributed by atoms with E-state index in [-0.39, 0.29) is 11.2 Å². The summed E-state index contributed by atoms with van der Waals surface area (Å²) in [6.07, 6.45) is 0. The zero-order valence-electron chi connectivity index (χ0n) is 17.7. The molecule has 0 spiro atoms. The fourth-order valence-electron chi connectivity index (χ4n) is 3.47. The van der Waals surface area contributed by atoms with Gasteiger partial charge in [0.15, 0.2) is 0 Å². The first-order valence-electron chi connectivity index (χ1n) is 10.0. The maximum absolute atomic E-state index is 11.8. The molecule has 0 fully saturated rings. The van der Waals surface area contributed by atoms with Gasteiger partial charge in [-0.15, -0.1) is 9.24 Å². The van der Waals surface area contributed by atoms with Crippen molar-refractivity contribution in [3.8, 4) is 28.1 Å². The van der Waals surface area contributed by atoms with Crippen LogP contribution in [-0.4, -0.2) is 21.7 Å². The van der Waals surface area contributed by atoms with Crippen molar-refractivity contribution in [1.29, 1.82) is 0 Å². The van der Waals surface area contributed by atoms with Crippen LogP contribution in [0.1, 0.15) is 31.1 Å². The molecule has 0 aliphatic carbocycles. The molecule has 0 saturated heterocycles. The van der Waals surface area contributed by atoms with Gasteiger partial charge in [-0.1, -0.05) is 42.5 Å². The van der Waals surface area contributed by atoms with Crippen molar-refractivity contribution < 1.29 is 14.6 Å². The maximum atomic E-state index is 11.8. The summed E-state index contributed by atoms with van der Waals surface area (Å²) in [4.78, 5) is 16.5. The number of pyridine rings is 1. The molecule has 0 amide bonds. The van der Waals surface area contributed by atoms with Crippen molar-refractivity contribution >= 4 is 31.4 Å². The van der Waals surface area contributed by atoms with E-state index in [1.807, 2.05) is 87.5 Å². The number of hydrogen-bond acceptors (Lipinski definition) is 3. The highest BCUT2D eigenvalue weighted by Gasteiger charge is 2.14. The van der Waals surface area contributed by atoms with Gasteiger partial charge in [0.05, 0.1) is 16.8 Å². The second-order valence-electron chi connectivity index (χ2n) is 8.45. The summed E-state index contributed by atoms with van der Waals surface area (Å²) in [6, 6.07) is 23.2.